The van der Waals surface area contributed by atoms with Gasteiger partial charge in [-0.25, -0.2) is 4.39 Å². The molecule has 0 saturated carbocycles. The SMILES string of the molecule is CCOc1ccccc1OCCC(=O)OCC(=O)Nc1cccc(F)c1. The van der Waals surface area contributed by atoms with Crippen LogP contribution in [0.1, 0.15) is 13.3 Å². The zero-order valence-corrected chi connectivity index (χ0v) is 14.4. The van der Waals surface area contributed by atoms with Crippen molar-refractivity contribution in [2.75, 3.05) is 25.1 Å². The van der Waals surface area contributed by atoms with Crippen LogP contribution in [0.4, 0.5) is 10.1 Å². The highest BCUT2D eigenvalue weighted by Gasteiger charge is 2.10. The summed E-state index contributed by atoms with van der Waals surface area (Å²) in [6.45, 7) is 2.01. The lowest BCUT2D eigenvalue weighted by atomic mass is 10.3. The largest absolute Gasteiger partial charge is 0.490 e. The fourth-order valence-electron chi connectivity index (χ4n) is 2.07. The molecular weight excluding hydrogens is 341 g/mol. The number of ether oxygens (including phenoxy) is 3. The summed E-state index contributed by atoms with van der Waals surface area (Å²) in [7, 11) is 0. The first-order chi connectivity index (χ1) is 12.6. The molecule has 2 aromatic carbocycles. The summed E-state index contributed by atoms with van der Waals surface area (Å²) in [6.07, 6.45) is -0.0201. The van der Waals surface area contributed by atoms with Gasteiger partial charge >= 0.3 is 5.97 Å². The van der Waals surface area contributed by atoms with E-state index < -0.39 is 24.3 Å². The molecule has 1 amide bonds. The van der Waals surface area contributed by atoms with Gasteiger partial charge in [-0.1, -0.05) is 18.2 Å². The van der Waals surface area contributed by atoms with Crippen molar-refractivity contribution in [3.8, 4) is 11.5 Å². The Morgan fingerprint density at radius 3 is 2.46 bits per heavy atom. The zero-order chi connectivity index (χ0) is 18.8. The van der Waals surface area contributed by atoms with Gasteiger partial charge in [0.2, 0.25) is 0 Å². The Balaban J connectivity index is 1.70. The highest BCUT2D eigenvalue weighted by atomic mass is 19.1. The maximum absolute atomic E-state index is 13.0. The van der Waals surface area contributed by atoms with E-state index in [1.165, 1.54) is 24.3 Å². The van der Waals surface area contributed by atoms with E-state index in [-0.39, 0.29) is 13.0 Å². The van der Waals surface area contributed by atoms with E-state index in [4.69, 9.17) is 14.2 Å². The van der Waals surface area contributed by atoms with Crippen molar-refractivity contribution >= 4 is 17.6 Å². The standard InChI is InChI=1S/C19H20FNO5/c1-2-24-16-8-3-4-9-17(16)25-11-10-19(23)26-13-18(22)21-15-7-5-6-14(20)12-15/h3-9,12H,2,10-11,13H2,1H3,(H,21,22). The summed E-state index contributed by atoms with van der Waals surface area (Å²) >= 11 is 0. The molecule has 0 heterocycles. The maximum atomic E-state index is 13.0. The van der Waals surface area contributed by atoms with E-state index in [1.54, 1.807) is 18.2 Å². The van der Waals surface area contributed by atoms with Crippen molar-refractivity contribution in [1.82, 2.24) is 0 Å². The van der Waals surface area contributed by atoms with Gasteiger partial charge in [0.1, 0.15) is 5.82 Å². The molecule has 0 unspecified atom stereocenters. The molecule has 2 rings (SSSR count). The van der Waals surface area contributed by atoms with Crippen molar-refractivity contribution in [1.29, 1.82) is 0 Å². The number of hydrogen-bond donors (Lipinski definition) is 1. The summed E-state index contributed by atoms with van der Waals surface area (Å²) in [5, 5.41) is 2.44. The van der Waals surface area contributed by atoms with E-state index in [1.807, 2.05) is 13.0 Å². The van der Waals surface area contributed by atoms with Crippen molar-refractivity contribution in [2.24, 2.45) is 0 Å². The van der Waals surface area contributed by atoms with Crippen LogP contribution in [0, 0.1) is 5.82 Å². The predicted molar refractivity (Wildman–Crippen MR) is 93.7 cm³/mol. The lowest BCUT2D eigenvalue weighted by Gasteiger charge is -2.11. The van der Waals surface area contributed by atoms with Gasteiger partial charge in [0.25, 0.3) is 5.91 Å². The third-order valence-corrected chi connectivity index (χ3v) is 3.19. The molecule has 0 bridgehead atoms. The molecule has 6 nitrogen and oxygen atoms in total. The highest BCUT2D eigenvalue weighted by Crippen LogP contribution is 2.26. The Morgan fingerprint density at radius 1 is 1.04 bits per heavy atom. The smallest absolute Gasteiger partial charge is 0.309 e. The average Bonchev–Trinajstić information content (AvgIpc) is 2.62. The normalized spacial score (nSPS) is 10.1. The monoisotopic (exact) mass is 361 g/mol. The van der Waals surface area contributed by atoms with Crippen LogP contribution in [0.25, 0.3) is 0 Å². The number of para-hydroxylation sites is 2. The molecule has 0 aliphatic heterocycles. The number of anilines is 1. The number of halogens is 1. The van der Waals surface area contributed by atoms with Crippen molar-refractivity contribution < 1.29 is 28.2 Å². The van der Waals surface area contributed by atoms with Gasteiger partial charge in [0, 0.05) is 5.69 Å². The van der Waals surface area contributed by atoms with E-state index in [9.17, 15) is 14.0 Å². The lowest BCUT2D eigenvalue weighted by Crippen LogP contribution is -2.21. The van der Waals surface area contributed by atoms with E-state index in [0.29, 0.717) is 23.8 Å². The van der Waals surface area contributed by atoms with Gasteiger partial charge in [-0.05, 0) is 37.3 Å². The maximum Gasteiger partial charge on any atom is 0.309 e. The van der Waals surface area contributed by atoms with Crippen LogP contribution < -0.4 is 14.8 Å². The Bertz CT molecular complexity index is 750. The number of rotatable bonds is 9. The third-order valence-electron chi connectivity index (χ3n) is 3.19. The van der Waals surface area contributed by atoms with Crippen LogP contribution >= 0.6 is 0 Å². The molecule has 0 atom stereocenters. The number of carbonyl (C=O) groups is 2. The number of carbonyl (C=O) groups excluding carboxylic acids is 2. The van der Waals surface area contributed by atoms with Crippen LogP contribution in [0.2, 0.25) is 0 Å². The molecule has 0 fully saturated rings. The molecular formula is C19H20FNO5. The first-order valence-electron chi connectivity index (χ1n) is 8.14. The summed E-state index contributed by atoms with van der Waals surface area (Å²) in [6, 6.07) is 12.6. The molecule has 0 radical (unpaired) electrons. The Morgan fingerprint density at radius 2 is 1.77 bits per heavy atom. The van der Waals surface area contributed by atoms with Crippen molar-refractivity contribution in [3.63, 3.8) is 0 Å². The molecule has 0 aromatic heterocycles. The molecule has 0 aliphatic carbocycles. The van der Waals surface area contributed by atoms with Gasteiger partial charge < -0.3 is 19.5 Å². The number of nitrogens with one attached hydrogen (secondary N) is 1. The number of hydrogen-bond acceptors (Lipinski definition) is 5. The molecule has 138 valence electrons. The molecule has 1 N–H and O–H groups in total. The topological polar surface area (TPSA) is 73.9 Å². The van der Waals surface area contributed by atoms with E-state index in [2.05, 4.69) is 5.32 Å². The quantitative estimate of drug-likeness (QED) is 0.695. The molecule has 0 spiro atoms. The number of esters is 1. The fraction of sp³-hybridized carbons (Fsp3) is 0.263. The molecule has 2 aromatic rings. The Kier molecular flexibility index (Phi) is 7.42. The van der Waals surface area contributed by atoms with Gasteiger partial charge in [0.05, 0.1) is 19.6 Å². The summed E-state index contributed by atoms with van der Waals surface area (Å²) < 4.78 is 28.8. The minimum atomic E-state index is -0.576. The molecule has 0 aliphatic rings. The summed E-state index contributed by atoms with van der Waals surface area (Å²) in [4.78, 5) is 23.4. The molecule has 7 heteroatoms. The number of amides is 1. The Hall–Kier alpha value is -3.09. The second-order valence-corrected chi connectivity index (χ2v) is 5.20. The van der Waals surface area contributed by atoms with Gasteiger partial charge in [-0.15, -0.1) is 0 Å². The third kappa shape index (κ3) is 6.43. The van der Waals surface area contributed by atoms with Crippen LogP contribution in [-0.2, 0) is 14.3 Å². The van der Waals surface area contributed by atoms with Crippen molar-refractivity contribution in [3.05, 3.63) is 54.3 Å². The van der Waals surface area contributed by atoms with Crippen LogP contribution in [0.3, 0.4) is 0 Å². The first kappa shape index (κ1) is 19.2. The molecule has 26 heavy (non-hydrogen) atoms. The van der Waals surface area contributed by atoms with Crippen LogP contribution in [-0.4, -0.2) is 31.7 Å². The van der Waals surface area contributed by atoms with Crippen LogP contribution in [0.15, 0.2) is 48.5 Å². The zero-order valence-electron chi connectivity index (χ0n) is 14.4. The van der Waals surface area contributed by atoms with Crippen LogP contribution in [0.5, 0.6) is 11.5 Å². The summed E-state index contributed by atoms with van der Waals surface area (Å²) in [5.41, 5.74) is 0.293. The van der Waals surface area contributed by atoms with Crippen molar-refractivity contribution in [2.45, 2.75) is 13.3 Å². The highest BCUT2D eigenvalue weighted by molar-refractivity contribution is 5.92. The van der Waals surface area contributed by atoms with Gasteiger partial charge in [-0.3, -0.25) is 9.59 Å². The average molecular weight is 361 g/mol. The second kappa shape index (κ2) is 10.0. The van der Waals surface area contributed by atoms with E-state index in [0.717, 1.165) is 0 Å². The lowest BCUT2D eigenvalue weighted by molar-refractivity contribution is -0.147. The van der Waals surface area contributed by atoms with Gasteiger partial charge in [0.15, 0.2) is 18.1 Å². The fourth-order valence-corrected chi connectivity index (χ4v) is 2.07. The first-order valence-corrected chi connectivity index (χ1v) is 8.14. The Labute approximate surface area is 150 Å². The van der Waals surface area contributed by atoms with E-state index >= 15 is 0 Å². The number of benzene rings is 2. The minimum absolute atomic E-state index is 0.0201. The van der Waals surface area contributed by atoms with Gasteiger partial charge in [-0.2, -0.15) is 0 Å². The molecule has 0 saturated heterocycles. The second-order valence-electron chi connectivity index (χ2n) is 5.20. The minimum Gasteiger partial charge on any atom is -0.490 e. The summed E-state index contributed by atoms with van der Waals surface area (Å²) in [5.74, 6) is -0.465. The predicted octanol–water partition coefficient (Wildman–Crippen LogP) is 3.18.